The van der Waals surface area contributed by atoms with Crippen LogP contribution in [0.4, 0.5) is 8.78 Å². The number of hydrogen-bond acceptors (Lipinski definition) is 2. The van der Waals surface area contributed by atoms with E-state index in [1.807, 2.05) is 14.0 Å². The van der Waals surface area contributed by atoms with E-state index in [4.69, 9.17) is 0 Å². The lowest BCUT2D eigenvalue weighted by Crippen LogP contribution is -2.20. The molecule has 74 valence electrons. The summed E-state index contributed by atoms with van der Waals surface area (Å²) in [6, 6.07) is 0. The Morgan fingerprint density at radius 1 is 1.62 bits per heavy atom. The fourth-order valence-electron chi connectivity index (χ4n) is 1.03. The van der Waals surface area contributed by atoms with Crippen LogP contribution in [0.2, 0.25) is 0 Å². The minimum absolute atomic E-state index is 0.270. The fraction of sp³-hybridized carbons (Fsp3) is 0.625. The molecule has 1 N–H and O–H groups in total. The molecule has 1 aromatic heterocycles. The van der Waals surface area contributed by atoms with Gasteiger partial charge in [-0.1, -0.05) is 0 Å². The highest BCUT2D eigenvalue weighted by Gasteiger charge is 2.05. The zero-order chi connectivity index (χ0) is 9.84. The van der Waals surface area contributed by atoms with Crippen molar-refractivity contribution in [2.45, 2.75) is 19.9 Å². The van der Waals surface area contributed by atoms with Gasteiger partial charge in [-0.15, -0.1) is 0 Å². The van der Waals surface area contributed by atoms with Gasteiger partial charge in [-0.25, -0.2) is 8.78 Å². The molecule has 0 radical (unpaired) electrons. The Balaban J connectivity index is 2.41. The Bertz CT molecular complexity index is 270. The van der Waals surface area contributed by atoms with Crippen LogP contribution in [-0.4, -0.2) is 22.8 Å². The molecular weight excluding hydrogens is 176 g/mol. The zero-order valence-electron chi connectivity index (χ0n) is 7.72. The van der Waals surface area contributed by atoms with E-state index in [0.29, 0.717) is 6.54 Å². The molecule has 1 rings (SSSR count). The first kappa shape index (κ1) is 10.1. The summed E-state index contributed by atoms with van der Waals surface area (Å²) in [6.45, 7) is 2.09. The second-order valence-electron chi connectivity index (χ2n) is 2.90. The predicted molar refractivity (Wildman–Crippen MR) is 45.7 cm³/mol. The molecular formula is C8H13F2N3. The summed E-state index contributed by atoms with van der Waals surface area (Å²) in [5.41, 5.74) is 1.96. The maximum absolute atomic E-state index is 11.8. The van der Waals surface area contributed by atoms with Crippen LogP contribution in [0.3, 0.4) is 0 Å². The molecule has 0 atom stereocenters. The molecule has 0 aliphatic carbocycles. The van der Waals surface area contributed by atoms with E-state index in [9.17, 15) is 8.78 Å². The van der Waals surface area contributed by atoms with Crippen LogP contribution in [0.1, 0.15) is 11.3 Å². The second-order valence-corrected chi connectivity index (χ2v) is 2.90. The Labute approximate surface area is 75.7 Å². The number of alkyl halides is 2. The third-order valence-electron chi connectivity index (χ3n) is 1.95. The van der Waals surface area contributed by atoms with Crippen LogP contribution >= 0.6 is 0 Å². The first-order chi connectivity index (χ1) is 6.11. The van der Waals surface area contributed by atoms with Crippen molar-refractivity contribution in [1.29, 1.82) is 0 Å². The van der Waals surface area contributed by atoms with Crippen molar-refractivity contribution in [1.82, 2.24) is 15.1 Å². The minimum atomic E-state index is -2.29. The minimum Gasteiger partial charge on any atom is -0.307 e. The lowest BCUT2D eigenvalue weighted by atomic mass is 10.2. The highest BCUT2D eigenvalue weighted by Crippen LogP contribution is 2.04. The maximum Gasteiger partial charge on any atom is 0.250 e. The summed E-state index contributed by atoms with van der Waals surface area (Å²) in [4.78, 5) is 0. The van der Waals surface area contributed by atoms with Crippen LogP contribution in [0.25, 0.3) is 0 Å². The molecule has 3 nitrogen and oxygen atoms in total. The van der Waals surface area contributed by atoms with Gasteiger partial charge in [0.15, 0.2) is 0 Å². The third-order valence-corrected chi connectivity index (χ3v) is 1.95. The number of aromatic nitrogens is 2. The Kier molecular flexibility index (Phi) is 3.36. The van der Waals surface area contributed by atoms with Gasteiger partial charge in [0.1, 0.15) is 0 Å². The lowest BCUT2D eigenvalue weighted by Gasteiger charge is -2.02. The molecule has 0 aromatic carbocycles. The van der Waals surface area contributed by atoms with Gasteiger partial charge < -0.3 is 5.32 Å². The zero-order valence-corrected chi connectivity index (χ0v) is 7.72. The molecule has 0 saturated carbocycles. The summed E-state index contributed by atoms with van der Waals surface area (Å²) in [5.74, 6) is 0. The van der Waals surface area contributed by atoms with Crippen molar-refractivity contribution in [3.63, 3.8) is 0 Å². The molecule has 0 aliphatic heterocycles. The average molecular weight is 189 g/mol. The van der Waals surface area contributed by atoms with Crippen LogP contribution in [0.15, 0.2) is 6.20 Å². The third kappa shape index (κ3) is 2.77. The van der Waals surface area contributed by atoms with Crippen molar-refractivity contribution in [2.75, 3.05) is 6.54 Å². The molecule has 0 aliphatic rings. The Morgan fingerprint density at radius 2 is 2.31 bits per heavy atom. The molecule has 13 heavy (non-hydrogen) atoms. The molecule has 1 heterocycles. The predicted octanol–water partition coefficient (Wildman–Crippen LogP) is 1.08. The summed E-state index contributed by atoms with van der Waals surface area (Å²) >= 11 is 0. The summed E-state index contributed by atoms with van der Waals surface area (Å²) in [7, 11) is 1.83. The number of nitrogens with one attached hydrogen (secondary N) is 1. The monoisotopic (exact) mass is 189 g/mol. The van der Waals surface area contributed by atoms with Gasteiger partial charge in [0.2, 0.25) is 0 Å². The van der Waals surface area contributed by atoms with E-state index in [-0.39, 0.29) is 6.54 Å². The molecule has 0 bridgehead atoms. The van der Waals surface area contributed by atoms with Gasteiger partial charge in [-0.3, -0.25) is 4.68 Å². The number of rotatable bonds is 4. The van der Waals surface area contributed by atoms with Crippen molar-refractivity contribution >= 4 is 0 Å². The van der Waals surface area contributed by atoms with Gasteiger partial charge in [-0.2, -0.15) is 5.10 Å². The van der Waals surface area contributed by atoms with Gasteiger partial charge in [-0.05, 0) is 6.92 Å². The fourth-order valence-corrected chi connectivity index (χ4v) is 1.03. The average Bonchev–Trinajstić information content (AvgIpc) is 2.35. The smallest absolute Gasteiger partial charge is 0.250 e. The SMILES string of the molecule is Cc1c(CNCC(F)F)cnn1C. The molecule has 0 fully saturated rings. The topological polar surface area (TPSA) is 29.9 Å². The number of hydrogen-bond donors (Lipinski definition) is 1. The largest absolute Gasteiger partial charge is 0.307 e. The van der Waals surface area contributed by atoms with Crippen molar-refractivity contribution in [2.24, 2.45) is 7.05 Å². The van der Waals surface area contributed by atoms with Gasteiger partial charge >= 0.3 is 0 Å². The lowest BCUT2D eigenvalue weighted by molar-refractivity contribution is 0.145. The van der Waals surface area contributed by atoms with Crippen LogP contribution in [0, 0.1) is 6.92 Å². The number of aryl methyl sites for hydroxylation is 1. The summed E-state index contributed by atoms with van der Waals surface area (Å²) in [5, 5.41) is 6.66. The first-order valence-electron chi connectivity index (χ1n) is 4.07. The quantitative estimate of drug-likeness (QED) is 0.768. The summed E-state index contributed by atoms with van der Waals surface area (Å²) < 4.78 is 25.2. The van der Waals surface area contributed by atoms with E-state index in [1.165, 1.54) is 0 Å². The highest BCUT2D eigenvalue weighted by molar-refractivity contribution is 5.15. The molecule has 0 unspecified atom stereocenters. The van der Waals surface area contributed by atoms with Crippen LogP contribution < -0.4 is 5.32 Å². The van der Waals surface area contributed by atoms with Crippen LogP contribution in [-0.2, 0) is 13.6 Å². The van der Waals surface area contributed by atoms with Gasteiger partial charge in [0.25, 0.3) is 6.43 Å². The molecule has 1 aromatic rings. The van der Waals surface area contributed by atoms with E-state index >= 15 is 0 Å². The first-order valence-corrected chi connectivity index (χ1v) is 4.07. The van der Waals surface area contributed by atoms with Gasteiger partial charge in [0.05, 0.1) is 12.7 Å². The van der Waals surface area contributed by atoms with Gasteiger partial charge in [0, 0.05) is 24.8 Å². The van der Waals surface area contributed by atoms with E-state index in [2.05, 4.69) is 10.4 Å². The Morgan fingerprint density at radius 3 is 2.77 bits per heavy atom. The van der Waals surface area contributed by atoms with E-state index < -0.39 is 6.43 Å². The molecule has 0 saturated heterocycles. The van der Waals surface area contributed by atoms with Crippen molar-refractivity contribution < 1.29 is 8.78 Å². The maximum atomic E-state index is 11.8. The van der Waals surface area contributed by atoms with E-state index in [1.54, 1.807) is 10.9 Å². The normalized spacial score (nSPS) is 11.2. The van der Waals surface area contributed by atoms with Crippen molar-refractivity contribution in [3.8, 4) is 0 Å². The molecule has 0 spiro atoms. The second kappa shape index (κ2) is 4.32. The Hall–Kier alpha value is -0.970. The number of nitrogens with zero attached hydrogens (tertiary/aromatic N) is 2. The summed E-state index contributed by atoms with van der Waals surface area (Å²) in [6.07, 6.45) is -0.606. The standard InChI is InChI=1S/C8H13F2N3/c1-6-7(4-12-13(6)2)3-11-5-8(9)10/h4,8,11H,3,5H2,1-2H3. The number of halogens is 2. The van der Waals surface area contributed by atoms with E-state index in [0.717, 1.165) is 11.3 Å². The molecule has 0 amide bonds. The molecule has 5 heteroatoms. The van der Waals surface area contributed by atoms with Crippen LogP contribution in [0.5, 0.6) is 0 Å². The highest BCUT2D eigenvalue weighted by atomic mass is 19.3. The van der Waals surface area contributed by atoms with Crippen molar-refractivity contribution in [3.05, 3.63) is 17.5 Å².